The summed E-state index contributed by atoms with van der Waals surface area (Å²) in [7, 11) is 0. The number of rotatable bonds is 6. The van der Waals surface area contributed by atoms with Gasteiger partial charge in [0.15, 0.2) is 0 Å². The summed E-state index contributed by atoms with van der Waals surface area (Å²) in [5.41, 5.74) is 3.74. The number of nitrogens with zero attached hydrogens (tertiary/aromatic N) is 5. The Morgan fingerprint density at radius 1 is 1.13 bits per heavy atom. The number of imidazole rings is 1. The second-order valence-corrected chi connectivity index (χ2v) is 10.5. The van der Waals surface area contributed by atoms with Gasteiger partial charge in [-0.25, -0.2) is 19.2 Å². The van der Waals surface area contributed by atoms with Crippen molar-refractivity contribution in [3.05, 3.63) is 81.6 Å². The van der Waals surface area contributed by atoms with Crippen LogP contribution in [0.25, 0.3) is 33.8 Å². The van der Waals surface area contributed by atoms with Gasteiger partial charge in [-0.05, 0) is 48.4 Å². The number of aromatic amines is 1. The molecule has 1 saturated carbocycles. The molecule has 8 nitrogen and oxygen atoms in total. The molecule has 1 aliphatic carbocycles. The van der Waals surface area contributed by atoms with Crippen molar-refractivity contribution in [2.45, 2.75) is 45.6 Å². The van der Waals surface area contributed by atoms with Crippen molar-refractivity contribution in [3.8, 4) is 22.8 Å². The highest BCUT2D eigenvalue weighted by Crippen LogP contribution is 2.35. The summed E-state index contributed by atoms with van der Waals surface area (Å²) in [6, 6.07) is 10.3. The summed E-state index contributed by atoms with van der Waals surface area (Å²) >= 11 is 6.32. The van der Waals surface area contributed by atoms with Crippen LogP contribution in [0, 0.1) is 17.7 Å². The maximum atomic E-state index is 14.7. The van der Waals surface area contributed by atoms with Crippen molar-refractivity contribution in [2.24, 2.45) is 11.8 Å². The molecule has 4 heterocycles. The molecule has 1 fully saturated rings. The van der Waals surface area contributed by atoms with Crippen molar-refractivity contribution in [2.75, 3.05) is 0 Å². The topological polar surface area (TPSA) is 102 Å². The minimum atomic E-state index is -0.676. The molecule has 0 aliphatic heterocycles. The highest BCUT2D eigenvalue weighted by atomic mass is 35.5. The van der Waals surface area contributed by atoms with Crippen molar-refractivity contribution >= 4 is 22.6 Å². The van der Waals surface area contributed by atoms with Crippen LogP contribution in [-0.4, -0.2) is 29.7 Å². The number of benzene rings is 1. The van der Waals surface area contributed by atoms with Gasteiger partial charge in [0.05, 0.1) is 21.7 Å². The van der Waals surface area contributed by atoms with Crippen molar-refractivity contribution in [1.29, 1.82) is 0 Å². The zero-order valence-electron chi connectivity index (χ0n) is 20.8. The third-order valence-corrected chi connectivity index (χ3v) is 7.55. The summed E-state index contributed by atoms with van der Waals surface area (Å²) in [4.78, 5) is 28.4. The number of hydrogen-bond acceptors (Lipinski definition) is 6. The maximum Gasteiger partial charge on any atom is 0.439 e. The molecular formula is C28H26ClFN6O2. The van der Waals surface area contributed by atoms with Gasteiger partial charge in [-0.3, -0.25) is 14.5 Å². The molecule has 0 atom stereocenters. The molecule has 0 amide bonds. The lowest BCUT2D eigenvalue weighted by Crippen LogP contribution is -2.19. The molecule has 6 rings (SSSR count). The van der Waals surface area contributed by atoms with Crippen LogP contribution in [-0.2, 0) is 13.0 Å². The normalized spacial score (nSPS) is 17.8. The fraction of sp³-hybridized carbons (Fsp3) is 0.321. The summed E-state index contributed by atoms with van der Waals surface area (Å²) in [5.74, 6) is 1.19. The molecule has 0 radical (unpaired) electrons. The van der Waals surface area contributed by atoms with E-state index in [0.29, 0.717) is 45.4 Å². The van der Waals surface area contributed by atoms with E-state index in [1.165, 1.54) is 18.9 Å². The Morgan fingerprint density at radius 3 is 2.68 bits per heavy atom. The van der Waals surface area contributed by atoms with Crippen molar-refractivity contribution in [1.82, 2.24) is 29.7 Å². The maximum absolute atomic E-state index is 14.7. The quantitative estimate of drug-likeness (QED) is 0.286. The van der Waals surface area contributed by atoms with Crippen LogP contribution >= 0.6 is 11.6 Å². The molecule has 0 bridgehead atoms. The smallest absolute Gasteiger partial charge is 0.326 e. The van der Waals surface area contributed by atoms with Crippen molar-refractivity contribution in [3.63, 3.8) is 0 Å². The Balaban J connectivity index is 1.57. The molecule has 10 heteroatoms. The first-order valence-corrected chi connectivity index (χ1v) is 13.1. The number of nitrogens with one attached hydrogen (secondary N) is 1. The molecule has 5 aromatic rings. The summed E-state index contributed by atoms with van der Waals surface area (Å²) in [5, 5.41) is 4.29. The number of halogens is 2. The zero-order chi connectivity index (χ0) is 26.2. The van der Waals surface area contributed by atoms with Gasteiger partial charge in [-0.1, -0.05) is 54.7 Å². The fourth-order valence-corrected chi connectivity index (χ4v) is 5.50. The number of fused-ring (bicyclic) bond motifs is 1. The minimum Gasteiger partial charge on any atom is -0.326 e. The molecule has 1 aliphatic rings. The van der Waals surface area contributed by atoms with E-state index in [4.69, 9.17) is 26.1 Å². The lowest BCUT2D eigenvalue weighted by Gasteiger charge is -2.27. The molecular weight excluding hydrogens is 507 g/mol. The van der Waals surface area contributed by atoms with Crippen LogP contribution < -0.4 is 5.76 Å². The highest BCUT2D eigenvalue weighted by molar-refractivity contribution is 6.30. The Hall–Kier alpha value is -3.85. The van der Waals surface area contributed by atoms with E-state index in [2.05, 4.69) is 26.6 Å². The van der Waals surface area contributed by atoms with Crippen LogP contribution in [0.1, 0.15) is 44.0 Å². The van der Waals surface area contributed by atoms with Gasteiger partial charge < -0.3 is 4.57 Å². The molecule has 1 N–H and O–H groups in total. The van der Waals surface area contributed by atoms with Gasteiger partial charge in [0.1, 0.15) is 17.3 Å². The van der Waals surface area contributed by atoms with Gasteiger partial charge in [0.2, 0.25) is 5.82 Å². The molecule has 1 aromatic carbocycles. The zero-order valence-corrected chi connectivity index (χ0v) is 21.6. The molecule has 0 saturated heterocycles. The number of H-pyrrole nitrogens is 1. The lowest BCUT2D eigenvalue weighted by molar-refractivity contribution is 0.265. The predicted molar refractivity (Wildman–Crippen MR) is 142 cm³/mol. The summed E-state index contributed by atoms with van der Waals surface area (Å²) < 4.78 is 21.6. The van der Waals surface area contributed by atoms with E-state index >= 15 is 0 Å². The van der Waals surface area contributed by atoms with E-state index in [9.17, 15) is 9.18 Å². The van der Waals surface area contributed by atoms with Gasteiger partial charge >= 0.3 is 5.76 Å². The average Bonchev–Trinajstić information content (AvgIpc) is 3.49. The first kappa shape index (κ1) is 24.5. The second-order valence-electron chi connectivity index (χ2n) is 10.1. The number of pyridine rings is 2. The van der Waals surface area contributed by atoms with Gasteiger partial charge in [0, 0.05) is 30.9 Å². The lowest BCUT2D eigenvalue weighted by atomic mass is 9.83. The second kappa shape index (κ2) is 10.1. The molecule has 0 unspecified atom stereocenters. The fourth-order valence-electron chi connectivity index (χ4n) is 5.32. The SMILES string of the molecule is CC1CCC(Cn2c(Cc3ccccc3F)nc3cc(-c4noc(=O)[nH]4)nc(-c4cncc(Cl)c4)c32)CC1. The molecule has 38 heavy (non-hydrogen) atoms. The standard InChI is InChI=1S/C28H26ClFN6O2/c1-16-6-8-17(9-7-16)15-36-24(11-18-4-2-3-5-21(18)30)32-22-12-23(27-34-28(37)38-35-27)33-25(26(22)36)19-10-20(29)14-31-13-19/h2-5,10,12-14,16-17H,6-9,11,15H2,1H3,(H,34,35,37). The molecule has 4 aromatic heterocycles. The van der Waals surface area contributed by atoms with Crippen LogP contribution in [0.5, 0.6) is 0 Å². The van der Waals surface area contributed by atoms with E-state index < -0.39 is 5.76 Å². The monoisotopic (exact) mass is 532 g/mol. The highest BCUT2D eigenvalue weighted by Gasteiger charge is 2.25. The Bertz CT molecular complexity index is 1670. The Morgan fingerprint density at radius 2 is 1.95 bits per heavy atom. The summed E-state index contributed by atoms with van der Waals surface area (Å²) in [6.45, 7) is 3.05. The summed E-state index contributed by atoms with van der Waals surface area (Å²) in [6.07, 6.45) is 8.21. The van der Waals surface area contributed by atoms with Gasteiger partial charge in [-0.15, -0.1) is 0 Å². The Labute approximate surface area is 222 Å². The van der Waals surface area contributed by atoms with E-state index in [0.717, 1.165) is 36.6 Å². The van der Waals surface area contributed by atoms with Gasteiger partial charge in [0.25, 0.3) is 0 Å². The van der Waals surface area contributed by atoms with Crippen LogP contribution in [0.3, 0.4) is 0 Å². The first-order chi connectivity index (χ1) is 18.4. The first-order valence-electron chi connectivity index (χ1n) is 12.8. The predicted octanol–water partition coefficient (Wildman–Crippen LogP) is 6.05. The third-order valence-electron chi connectivity index (χ3n) is 7.35. The van der Waals surface area contributed by atoms with Crippen LogP contribution in [0.4, 0.5) is 4.39 Å². The third kappa shape index (κ3) is 4.86. The van der Waals surface area contributed by atoms with Crippen LogP contribution in [0.2, 0.25) is 5.02 Å². The largest absolute Gasteiger partial charge is 0.439 e. The van der Waals surface area contributed by atoms with Gasteiger partial charge in [-0.2, -0.15) is 0 Å². The van der Waals surface area contributed by atoms with Crippen LogP contribution in [0.15, 0.2) is 58.1 Å². The molecule has 194 valence electrons. The van der Waals surface area contributed by atoms with E-state index in [1.807, 2.05) is 6.07 Å². The average molecular weight is 533 g/mol. The van der Waals surface area contributed by atoms with E-state index in [1.54, 1.807) is 36.7 Å². The number of aromatic nitrogens is 6. The van der Waals surface area contributed by atoms with Crippen molar-refractivity contribution < 1.29 is 8.91 Å². The molecule has 0 spiro atoms. The number of hydrogen-bond donors (Lipinski definition) is 1. The minimum absolute atomic E-state index is 0.194. The Kier molecular flexibility index (Phi) is 6.53. The van der Waals surface area contributed by atoms with E-state index in [-0.39, 0.29) is 11.6 Å².